The average molecular weight is 332 g/mol. The van der Waals surface area contributed by atoms with Crippen LogP contribution in [0.1, 0.15) is 20.3 Å². The molecule has 6 nitrogen and oxygen atoms in total. The summed E-state index contributed by atoms with van der Waals surface area (Å²) in [7, 11) is 0. The topological polar surface area (TPSA) is 62.3 Å². The minimum atomic E-state index is -0.337. The summed E-state index contributed by atoms with van der Waals surface area (Å²) in [6.07, 6.45) is 10.00. The highest BCUT2D eigenvalue weighted by molar-refractivity contribution is 6.32. The van der Waals surface area contributed by atoms with Crippen molar-refractivity contribution in [2.45, 2.75) is 31.5 Å². The van der Waals surface area contributed by atoms with E-state index < -0.39 is 0 Å². The van der Waals surface area contributed by atoms with Gasteiger partial charge in [-0.15, -0.1) is 0 Å². The van der Waals surface area contributed by atoms with E-state index in [2.05, 4.69) is 45.5 Å². The maximum atomic E-state index is 6.49. The highest BCUT2D eigenvalue weighted by Gasteiger charge is 2.57. The van der Waals surface area contributed by atoms with Gasteiger partial charge in [0.05, 0.1) is 23.0 Å². The molecule has 1 atom stereocenters. The van der Waals surface area contributed by atoms with Crippen molar-refractivity contribution in [1.29, 1.82) is 0 Å². The fourth-order valence-corrected chi connectivity index (χ4v) is 3.66. The SMILES string of the molecule is CC1(C)OCCC12NC=C1C(Cl)=CC(Nc3ccncn3)=CN12. The van der Waals surface area contributed by atoms with Crippen molar-refractivity contribution in [2.24, 2.45) is 0 Å². The lowest BCUT2D eigenvalue weighted by Crippen LogP contribution is -2.61. The van der Waals surface area contributed by atoms with E-state index in [0.29, 0.717) is 11.6 Å². The number of halogens is 1. The van der Waals surface area contributed by atoms with Crippen molar-refractivity contribution >= 4 is 17.4 Å². The van der Waals surface area contributed by atoms with Crippen molar-refractivity contribution in [2.75, 3.05) is 11.9 Å². The zero-order chi connectivity index (χ0) is 16.1. The van der Waals surface area contributed by atoms with Crippen LogP contribution in [-0.2, 0) is 4.74 Å². The Kier molecular flexibility index (Phi) is 3.14. The number of ether oxygens (including phenoxy) is 1. The minimum absolute atomic E-state index is 0.324. The number of aromatic nitrogens is 2. The summed E-state index contributed by atoms with van der Waals surface area (Å²) in [6, 6.07) is 1.81. The number of rotatable bonds is 2. The molecule has 2 N–H and O–H groups in total. The lowest BCUT2D eigenvalue weighted by molar-refractivity contribution is -0.0417. The molecule has 0 aromatic carbocycles. The van der Waals surface area contributed by atoms with Gasteiger partial charge in [0, 0.05) is 25.0 Å². The third-order valence-corrected chi connectivity index (χ3v) is 4.99. The molecule has 0 amide bonds. The molecule has 1 unspecified atom stereocenters. The van der Waals surface area contributed by atoms with E-state index in [0.717, 1.165) is 23.6 Å². The van der Waals surface area contributed by atoms with E-state index >= 15 is 0 Å². The first-order chi connectivity index (χ1) is 11.0. The highest BCUT2D eigenvalue weighted by atomic mass is 35.5. The Bertz CT molecular complexity index is 727. The summed E-state index contributed by atoms with van der Waals surface area (Å²) in [5, 5.41) is 7.44. The van der Waals surface area contributed by atoms with Gasteiger partial charge in [0.25, 0.3) is 0 Å². The molecule has 23 heavy (non-hydrogen) atoms. The Balaban J connectivity index is 1.69. The van der Waals surface area contributed by atoms with Gasteiger partial charge in [-0.05, 0) is 26.0 Å². The van der Waals surface area contributed by atoms with Crippen molar-refractivity contribution in [3.05, 3.63) is 53.5 Å². The van der Waals surface area contributed by atoms with Crippen LogP contribution >= 0.6 is 11.6 Å². The molecule has 3 aliphatic rings. The molecular weight excluding hydrogens is 314 g/mol. The maximum Gasteiger partial charge on any atom is 0.145 e. The first-order valence-electron chi connectivity index (χ1n) is 7.55. The standard InChI is InChI=1S/C16H18ClN5O/c1-15(2)16(4-6-23-15)20-8-13-12(17)7-11(9-22(13)16)21-14-3-5-18-10-19-14/h3,5,7-10,20H,4,6H2,1-2H3,(H,18,19,21). The summed E-state index contributed by atoms with van der Waals surface area (Å²) in [5.41, 5.74) is 1.17. The normalized spacial score (nSPS) is 28.0. The smallest absolute Gasteiger partial charge is 0.145 e. The Morgan fingerprint density at radius 1 is 1.43 bits per heavy atom. The van der Waals surface area contributed by atoms with Crippen LogP contribution in [-0.4, -0.2) is 32.7 Å². The van der Waals surface area contributed by atoms with Gasteiger partial charge in [-0.3, -0.25) is 0 Å². The average Bonchev–Trinajstić information content (AvgIpc) is 3.03. The van der Waals surface area contributed by atoms with Gasteiger partial charge in [-0.25, -0.2) is 9.97 Å². The second kappa shape index (κ2) is 4.97. The van der Waals surface area contributed by atoms with Gasteiger partial charge in [0.15, 0.2) is 0 Å². The van der Waals surface area contributed by atoms with Crippen LogP contribution in [0.4, 0.5) is 5.82 Å². The minimum Gasteiger partial charge on any atom is -0.371 e. The molecule has 1 spiro atoms. The Morgan fingerprint density at radius 3 is 3.00 bits per heavy atom. The van der Waals surface area contributed by atoms with Crippen LogP contribution in [0.3, 0.4) is 0 Å². The van der Waals surface area contributed by atoms with Crippen LogP contribution in [0.5, 0.6) is 0 Å². The zero-order valence-corrected chi connectivity index (χ0v) is 13.8. The monoisotopic (exact) mass is 331 g/mol. The highest BCUT2D eigenvalue weighted by Crippen LogP contribution is 2.46. The molecule has 4 rings (SSSR count). The summed E-state index contributed by atoms with van der Waals surface area (Å²) in [4.78, 5) is 10.3. The third kappa shape index (κ3) is 2.13. The molecule has 1 aromatic rings. The van der Waals surface area contributed by atoms with E-state index in [1.165, 1.54) is 6.33 Å². The largest absolute Gasteiger partial charge is 0.371 e. The molecule has 7 heteroatoms. The van der Waals surface area contributed by atoms with Gasteiger partial charge < -0.3 is 20.3 Å². The van der Waals surface area contributed by atoms with Crippen LogP contribution in [0.25, 0.3) is 0 Å². The first-order valence-corrected chi connectivity index (χ1v) is 7.93. The second-order valence-corrected chi connectivity index (χ2v) is 6.72. The number of fused-ring (bicyclic) bond motifs is 2. The van der Waals surface area contributed by atoms with Crippen LogP contribution in [0.2, 0.25) is 0 Å². The van der Waals surface area contributed by atoms with Gasteiger partial charge in [0.1, 0.15) is 23.4 Å². The molecule has 3 aliphatic heterocycles. The molecule has 1 aromatic heterocycles. The molecule has 0 radical (unpaired) electrons. The number of hydrogen-bond donors (Lipinski definition) is 2. The maximum absolute atomic E-state index is 6.49. The van der Waals surface area contributed by atoms with Gasteiger partial charge in [-0.1, -0.05) is 11.6 Å². The van der Waals surface area contributed by atoms with Crippen molar-refractivity contribution in [3.8, 4) is 0 Å². The molecule has 120 valence electrons. The quantitative estimate of drug-likeness (QED) is 0.868. The van der Waals surface area contributed by atoms with E-state index in [9.17, 15) is 0 Å². The molecular formula is C16H18ClN5O. The summed E-state index contributed by atoms with van der Waals surface area (Å²) < 4.78 is 5.95. The van der Waals surface area contributed by atoms with Crippen LogP contribution in [0.15, 0.2) is 53.5 Å². The molecule has 1 saturated heterocycles. The van der Waals surface area contributed by atoms with E-state index in [1.807, 2.05) is 18.3 Å². The lowest BCUT2D eigenvalue weighted by atomic mass is 9.89. The fourth-order valence-electron chi connectivity index (χ4n) is 3.39. The van der Waals surface area contributed by atoms with Gasteiger partial charge in [-0.2, -0.15) is 0 Å². The van der Waals surface area contributed by atoms with Crippen molar-refractivity contribution in [3.63, 3.8) is 0 Å². The van der Waals surface area contributed by atoms with Crippen molar-refractivity contribution in [1.82, 2.24) is 20.2 Å². The molecule has 0 bridgehead atoms. The number of allylic oxidation sites excluding steroid dienone is 2. The molecule has 0 aliphatic carbocycles. The van der Waals surface area contributed by atoms with E-state index in [4.69, 9.17) is 16.3 Å². The number of nitrogens with one attached hydrogen (secondary N) is 2. The van der Waals surface area contributed by atoms with Crippen LogP contribution < -0.4 is 10.6 Å². The zero-order valence-electron chi connectivity index (χ0n) is 13.0. The third-order valence-electron chi connectivity index (χ3n) is 4.69. The Morgan fingerprint density at radius 2 is 2.30 bits per heavy atom. The van der Waals surface area contributed by atoms with Crippen LogP contribution in [0, 0.1) is 0 Å². The molecule has 1 fully saturated rings. The first kappa shape index (κ1) is 14.5. The lowest BCUT2D eigenvalue weighted by Gasteiger charge is -2.45. The number of hydrogen-bond acceptors (Lipinski definition) is 6. The van der Waals surface area contributed by atoms with E-state index in [-0.39, 0.29) is 11.3 Å². The van der Waals surface area contributed by atoms with E-state index in [1.54, 1.807) is 6.20 Å². The Hall–Kier alpha value is -2.05. The molecule has 0 saturated carbocycles. The number of anilines is 1. The molecule has 4 heterocycles. The van der Waals surface area contributed by atoms with Gasteiger partial charge >= 0.3 is 0 Å². The summed E-state index contributed by atoms with van der Waals surface area (Å²) in [5.74, 6) is 0.725. The predicted octanol–water partition coefficient (Wildman–Crippen LogP) is 2.51. The fraction of sp³-hybridized carbons (Fsp3) is 0.375. The summed E-state index contributed by atoms with van der Waals surface area (Å²) in [6.45, 7) is 4.91. The Labute approximate surface area is 139 Å². The summed E-state index contributed by atoms with van der Waals surface area (Å²) >= 11 is 6.49. The van der Waals surface area contributed by atoms with Gasteiger partial charge in [0.2, 0.25) is 0 Å². The predicted molar refractivity (Wildman–Crippen MR) is 88.1 cm³/mol. The van der Waals surface area contributed by atoms with Crippen molar-refractivity contribution < 1.29 is 4.74 Å². The second-order valence-electron chi connectivity index (χ2n) is 6.31. The number of nitrogens with zero attached hydrogens (tertiary/aromatic N) is 3.